The van der Waals surface area contributed by atoms with Gasteiger partial charge in [-0.05, 0) is 55.1 Å². The molecule has 1 saturated carbocycles. The molecule has 0 aliphatic heterocycles. The quantitative estimate of drug-likeness (QED) is 0.605. The van der Waals surface area contributed by atoms with Crippen molar-refractivity contribution in [2.24, 2.45) is 0 Å². The number of hydrogen-bond acceptors (Lipinski definition) is 3. The molecular formula is C18H23BrF3N5O. The van der Waals surface area contributed by atoms with E-state index in [2.05, 4.69) is 31.4 Å². The summed E-state index contributed by atoms with van der Waals surface area (Å²) in [5, 5.41) is 10.9. The minimum Gasteiger partial charge on any atom is -0.356 e. The summed E-state index contributed by atoms with van der Waals surface area (Å²) in [5.74, 6) is 0.0702. The smallest absolute Gasteiger partial charge is 0.356 e. The first-order chi connectivity index (χ1) is 13.2. The van der Waals surface area contributed by atoms with Crippen LogP contribution in [0.4, 0.5) is 13.2 Å². The number of aryl methyl sites for hydroxylation is 3. The van der Waals surface area contributed by atoms with E-state index in [-0.39, 0.29) is 11.8 Å². The molecular weight excluding hydrogens is 439 g/mol. The molecule has 3 rings (SSSR count). The first-order valence-electron chi connectivity index (χ1n) is 9.28. The van der Waals surface area contributed by atoms with Crippen LogP contribution in [0.1, 0.15) is 54.4 Å². The van der Waals surface area contributed by atoms with Crippen molar-refractivity contribution in [3.63, 3.8) is 0 Å². The predicted octanol–water partition coefficient (Wildman–Crippen LogP) is 3.95. The standard InChI is InChI=1S/C18H23BrF3N5O/c1-11-17(19)12(2)26(24-11)9-6-16(28)23-7-3-8-27-14(13-4-5-13)10-15(25-27)18(20,21)22/h10,13H,3-9H2,1-2H3,(H,23,28). The Bertz CT molecular complexity index is 854. The Morgan fingerprint density at radius 3 is 2.54 bits per heavy atom. The lowest BCUT2D eigenvalue weighted by Crippen LogP contribution is -2.26. The Hall–Kier alpha value is -1.84. The first kappa shape index (κ1) is 20.9. The molecule has 1 aliphatic rings. The zero-order chi connectivity index (χ0) is 20.5. The molecule has 10 heteroatoms. The molecule has 1 amide bonds. The minimum absolute atomic E-state index is 0.109. The molecule has 2 aromatic heterocycles. The van der Waals surface area contributed by atoms with E-state index >= 15 is 0 Å². The van der Waals surface area contributed by atoms with Gasteiger partial charge in [-0.25, -0.2) is 0 Å². The van der Waals surface area contributed by atoms with Gasteiger partial charge in [0.1, 0.15) is 0 Å². The summed E-state index contributed by atoms with van der Waals surface area (Å²) in [7, 11) is 0. The maximum absolute atomic E-state index is 12.9. The van der Waals surface area contributed by atoms with E-state index in [0.29, 0.717) is 38.2 Å². The van der Waals surface area contributed by atoms with Gasteiger partial charge in [-0.1, -0.05) is 0 Å². The maximum Gasteiger partial charge on any atom is 0.435 e. The van der Waals surface area contributed by atoms with Crippen molar-refractivity contribution in [3.05, 3.63) is 33.3 Å². The Morgan fingerprint density at radius 2 is 1.96 bits per heavy atom. The molecule has 1 aliphatic carbocycles. The summed E-state index contributed by atoms with van der Waals surface area (Å²) in [6, 6.07) is 1.16. The lowest BCUT2D eigenvalue weighted by Gasteiger charge is -2.09. The van der Waals surface area contributed by atoms with Crippen molar-refractivity contribution >= 4 is 21.8 Å². The fourth-order valence-corrected chi connectivity index (χ4v) is 3.39. The van der Waals surface area contributed by atoms with Crippen LogP contribution in [-0.2, 0) is 24.1 Å². The molecule has 1 N–H and O–H groups in total. The zero-order valence-corrected chi connectivity index (χ0v) is 17.4. The van der Waals surface area contributed by atoms with E-state index in [0.717, 1.165) is 34.8 Å². The van der Waals surface area contributed by atoms with Crippen LogP contribution in [0.2, 0.25) is 0 Å². The average Bonchev–Trinajstić information content (AvgIpc) is 3.33. The number of alkyl halides is 3. The van der Waals surface area contributed by atoms with Gasteiger partial charge in [0.05, 0.1) is 16.7 Å². The number of halogens is 4. The topological polar surface area (TPSA) is 64.7 Å². The Kier molecular flexibility index (Phi) is 6.16. The van der Waals surface area contributed by atoms with Crippen LogP contribution in [0.3, 0.4) is 0 Å². The third kappa shape index (κ3) is 4.95. The summed E-state index contributed by atoms with van der Waals surface area (Å²) in [4.78, 5) is 12.0. The summed E-state index contributed by atoms with van der Waals surface area (Å²) < 4.78 is 42.9. The second-order valence-electron chi connectivity index (χ2n) is 7.11. The van der Waals surface area contributed by atoms with E-state index in [1.807, 2.05) is 13.8 Å². The van der Waals surface area contributed by atoms with Gasteiger partial charge in [0.2, 0.25) is 5.91 Å². The number of hydrogen-bond donors (Lipinski definition) is 1. The van der Waals surface area contributed by atoms with Gasteiger partial charge in [-0.15, -0.1) is 0 Å². The number of rotatable bonds is 8. The second-order valence-corrected chi connectivity index (χ2v) is 7.90. The second kappa shape index (κ2) is 8.26. The highest BCUT2D eigenvalue weighted by Gasteiger charge is 2.37. The van der Waals surface area contributed by atoms with Gasteiger partial charge >= 0.3 is 6.18 Å². The normalized spacial score (nSPS) is 14.5. The monoisotopic (exact) mass is 461 g/mol. The van der Waals surface area contributed by atoms with E-state index in [1.165, 1.54) is 4.68 Å². The van der Waals surface area contributed by atoms with Gasteiger partial charge in [-0.3, -0.25) is 14.2 Å². The number of aromatic nitrogens is 4. The molecule has 154 valence electrons. The lowest BCUT2D eigenvalue weighted by atomic mass is 10.2. The SMILES string of the molecule is Cc1nn(CCC(=O)NCCCn2nc(C(F)(F)F)cc2C2CC2)c(C)c1Br. The molecule has 2 heterocycles. The van der Waals surface area contributed by atoms with Crippen LogP contribution in [0, 0.1) is 13.8 Å². The van der Waals surface area contributed by atoms with E-state index < -0.39 is 11.9 Å². The molecule has 0 unspecified atom stereocenters. The largest absolute Gasteiger partial charge is 0.435 e. The Balaban J connectivity index is 1.45. The summed E-state index contributed by atoms with van der Waals surface area (Å²) in [6.45, 7) is 5.04. The van der Waals surface area contributed by atoms with Crippen LogP contribution in [0.25, 0.3) is 0 Å². The highest BCUT2D eigenvalue weighted by molar-refractivity contribution is 9.10. The Morgan fingerprint density at radius 1 is 1.25 bits per heavy atom. The zero-order valence-electron chi connectivity index (χ0n) is 15.8. The average molecular weight is 462 g/mol. The predicted molar refractivity (Wildman–Crippen MR) is 101 cm³/mol. The first-order valence-corrected chi connectivity index (χ1v) is 10.1. The highest BCUT2D eigenvalue weighted by atomic mass is 79.9. The lowest BCUT2D eigenvalue weighted by molar-refractivity contribution is -0.141. The molecule has 0 saturated heterocycles. The van der Waals surface area contributed by atoms with Crippen LogP contribution < -0.4 is 5.32 Å². The summed E-state index contributed by atoms with van der Waals surface area (Å²) in [6.07, 6.45) is -1.80. The molecule has 0 bridgehead atoms. The highest BCUT2D eigenvalue weighted by Crippen LogP contribution is 2.42. The number of carbonyl (C=O) groups excluding carboxylic acids is 1. The Labute approximate surface area is 169 Å². The third-order valence-corrected chi connectivity index (χ3v) is 5.96. The molecule has 0 spiro atoms. The van der Waals surface area contributed by atoms with Gasteiger partial charge in [0.15, 0.2) is 5.69 Å². The third-order valence-electron chi connectivity index (χ3n) is 4.81. The van der Waals surface area contributed by atoms with E-state index in [1.54, 1.807) is 4.68 Å². The molecule has 6 nitrogen and oxygen atoms in total. The molecule has 0 radical (unpaired) electrons. The number of nitrogens with zero attached hydrogens (tertiary/aromatic N) is 4. The fourth-order valence-electron chi connectivity index (χ4n) is 3.10. The minimum atomic E-state index is -4.43. The van der Waals surface area contributed by atoms with Gasteiger partial charge < -0.3 is 5.32 Å². The van der Waals surface area contributed by atoms with Crippen molar-refractivity contribution in [1.29, 1.82) is 0 Å². The van der Waals surface area contributed by atoms with Gasteiger partial charge in [-0.2, -0.15) is 23.4 Å². The van der Waals surface area contributed by atoms with Crippen molar-refractivity contribution in [2.45, 2.75) is 64.7 Å². The van der Waals surface area contributed by atoms with Crippen molar-refractivity contribution in [2.75, 3.05) is 6.54 Å². The van der Waals surface area contributed by atoms with Crippen LogP contribution >= 0.6 is 15.9 Å². The number of carbonyl (C=O) groups is 1. The van der Waals surface area contributed by atoms with E-state index in [4.69, 9.17) is 0 Å². The number of amides is 1. The van der Waals surface area contributed by atoms with Crippen molar-refractivity contribution in [1.82, 2.24) is 24.9 Å². The fraction of sp³-hybridized carbons (Fsp3) is 0.611. The summed E-state index contributed by atoms with van der Waals surface area (Å²) in [5.41, 5.74) is 1.65. The molecule has 0 atom stereocenters. The molecule has 28 heavy (non-hydrogen) atoms. The van der Waals surface area contributed by atoms with Crippen LogP contribution in [0.5, 0.6) is 0 Å². The maximum atomic E-state index is 12.9. The van der Waals surface area contributed by atoms with Crippen LogP contribution in [-0.4, -0.2) is 32.0 Å². The summed E-state index contributed by atoms with van der Waals surface area (Å²) >= 11 is 3.45. The van der Waals surface area contributed by atoms with Crippen LogP contribution in [0.15, 0.2) is 10.5 Å². The van der Waals surface area contributed by atoms with Gasteiger partial charge in [0, 0.05) is 36.8 Å². The van der Waals surface area contributed by atoms with E-state index in [9.17, 15) is 18.0 Å². The molecule has 1 fully saturated rings. The van der Waals surface area contributed by atoms with Gasteiger partial charge in [0.25, 0.3) is 0 Å². The van der Waals surface area contributed by atoms with Crippen molar-refractivity contribution in [3.8, 4) is 0 Å². The molecule has 0 aromatic carbocycles. The molecule has 2 aromatic rings. The number of nitrogens with one attached hydrogen (secondary N) is 1. The van der Waals surface area contributed by atoms with Crippen molar-refractivity contribution < 1.29 is 18.0 Å².